The normalized spacial score (nSPS) is 13.1. The minimum atomic E-state index is -0.241. The molecule has 0 aliphatic carbocycles. The van der Waals surface area contributed by atoms with E-state index in [1.807, 2.05) is 6.92 Å². The average molecular weight is 265 g/mol. The maximum absolute atomic E-state index is 12.1. The third-order valence-corrected chi connectivity index (χ3v) is 2.76. The van der Waals surface area contributed by atoms with E-state index in [4.69, 9.17) is 10.9 Å². The number of amides is 1. The lowest BCUT2D eigenvalue weighted by Gasteiger charge is -2.12. The van der Waals surface area contributed by atoms with Crippen molar-refractivity contribution in [3.05, 3.63) is 23.0 Å². The third kappa shape index (κ3) is 3.90. The number of hydrogen-bond acceptors (Lipinski definition) is 5. The van der Waals surface area contributed by atoms with Crippen molar-refractivity contribution in [1.29, 1.82) is 0 Å². The number of hydrogen-bond donors (Lipinski definition) is 3. The first kappa shape index (κ1) is 14.9. The largest absolute Gasteiger partial charge is 0.409 e. The van der Waals surface area contributed by atoms with Gasteiger partial charge in [-0.05, 0) is 19.4 Å². The van der Waals surface area contributed by atoms with Gasteiger partial charge < -0.3 is 16.3 Å². The molecule has 19 heavy (non-hydrogen) atoms. The van der Waals surface area contributed by atoms with Crippen molar-refractivity contribution in [2.24, 2.45) is 16.8 Å². The Hall–Kier alpha value is -2.18. The molecule has 0 saturated carbocycles. The number of oxime groups is 1. The molecule has 0 spiro atoms. The van der Waals surface area contributed by atoms with E-state index >= 15 is 0 Å². The van der Waals surface area contributed by atoms with Gasteiger partial charge in [-0.25, -0.2) is 0 Å². The Balaban J connectivity index is 2.76. The molecule has 0 aromatic carbocycles. The Morgan fingerprint density at radius 1 is 1.58 bits per heavy atom. The summed E-state index contributed by atoms with van der Waals surface area (Å²) in [6.07, 6.45) is 0.631. The van der Waals surface area contributed by atoms with Gasteiger partial charge in [0.1, 0.15) is 5.84 Å². The summed E-state index contributed by atoms with van der Waals surface area (Å²) in [7, 11) is 0. The van der Waals surface area contributed by atoms with Crippen LogP contribution in [0, 0.1) is 12.8 Å². The molecule has 1 amide bonds. The highest BCUT2D eigenvalue weighted by atomic mass is 16.4. The molecule has 4 N–H and O–H groups in total. The SMILES string of the molecule is CCc1nnc(C)cc1C(=O)NCC(C)C(N)=NO. The van der Waals surface area contributed by atoms with Gasteiger partial charge in [0.2, 0.25) is 0 Å². The van der Waals surface area contributed by atoms with Crippen LogP contribution in [0.4, 0.5) is 0 Å². The lowest BCUT2D eigenvalue weighted by molar-refractivity contribution is 0.0949. The average Bonchev–Trinajstić information content (AvgIpc) is 2.43. The van der Waals surface area contributed by atoms with Crippen molar-refractivity contribution in [2.75, 3.05) is 6.54 Å². The number of aryl methyl sites for hydroxylation is 2. The molecule has 0 aliphatic heterocycles. The van der Waals surface area contributed by atoms with Crippen LogP contribution in [0.2, 0.25) is 0 Å². The topological polar surface area (TPSA) is 113 Å². The molecule has 1 rings (SSSR count). The van der Waals surface area contributed by atoms with Gasteiger partial charge in [-0.1, -0.05) is 19.0 Å². The van der Waals surface area contributed by atoms with E-state index in [9.17, 15) is 4.79 Å². The van der Waals surface area contributed by atoms with Crippen molar-refractivity contribution >= 4 is 11.7 Å². The third-order valence-electron chi connectivity index (χ3n) is 2.76. The molecule has 1 heterocycles. The van der Waals surface area contributed by atoms with Crippen LogP contribution in [-0.4, -0.2) is 33.7 Å². The van der Waals surface area contributed by atoms with Gasteiger partial charge in [0.25, 0.3) is 5.91 Å². The minimum Gasteiger partial charge on any atom is -0.409 e. The van der Waals surface area contributed by atoms with Gasteiger partial charge in [0.15, 0.2) is 0 Å². The second-order valence-corrected chi connectivity index (χ2v) is 4.34. The molecule has 0 bridgehead atoms. The van der Waals surface area contributed by atoms with E-state index in [2.05, 4.69) is 20.7 Å². The van der Waals surface area contributed by atoms with Crippen LogP contribution >= 0.6 is 0 Å². The van der Waals surface area contributed by atoms with Crippen molar-refractivity contribution in [2.45, 2.75) is 27.2 Å². The number of carbonyl (C=O) groups excluding carboxylic acids is 1. The summed E-state index contributed by atoms with van der Waals surface area (Å²) >= 11 is 0. The van der Waals surface area contributed by atoms with Crippen LogP contribution in [0.5, 0.6) is 0 Å². The highest BCUT2D eigenvalue weighted by molar-refractivity contribution is 5.95. The molecule has 1 aromatic rings. The Labute approximate surface area is 111 Å². The van der Waals surface area contributed by atoms with Crippen molar-refractivity contribution < 1.29 is 10.0 Å². The molecular weight excluding hydrogens is 246 g/mol. The van der Waals surface area contributed by atoms with Gasteiger partial charge in [-0.2, -0.15) is 10.2 Å². The summed E-state index contributed by atoms with van der Waals surface area (Å²) in [6.45, 7) is 5.74. The Morgan fingerprint density at radius 3 is 2.84 bits per heavy atom. The fraction of sp³-hybridized carbons (Fsp3) is 0.500. The summed E-state index contributed by atoms with van der Waals surface area (Å²) in [5, 5.41) is 22.1. The highest BCUT2D eigenvalue weighted by Crippen LogP contribution is 2.07. The van der Waals surface area contributed by atoms with Crippen molar-refractivity contribution in [1.82, 2.24) is 15.5 Å². The monoisotopic (exact) mass is 265 g/mol. The maximum atomic E-state index is 12.1. The van der Waals surface area contributed by atoms with Gasteiger partial charge in [-0.15, -0.1) is 0 Å². The van der Waals surface area contributed by atoms with Gasteiger partial charge in [0, 0.05) is 12.5 Å². The van der Waals surface area contributed by atoms with Gasteiger partial charge in [0.05, 0.1) is 17.0 Å². The van der Waals surface area contributed by atoms with Crippen molar-refractivity contribution in [3.63, 3.8) is 0 Å². The fourth-order valence-electron chi connectivity index (χ4n) is 1.52. The smallest absolute Gasteiger partial charge is 0.253 e. The number of amidine groups is 1. The van der Waals surface area contributed by atoms with E-state index in [0.717, 1.165) is 0 Å². The predicted molar refractivity (Wildman–Crippen MR) is 71.1 cm³/mol. The van der Waals surface area contributed by atoms with E-state index in [0.29, 0.717) is 29.9 Å². The van der Waals surface area contributed by atoms with Crippen LogP contribution in [0.25, 0.3) is 0 Å². The van der Waals surface area contributed by atoms with Gasteiger partial charge in [-0.3, -0.25) is 4.79 Å². The quantitative estimate of drug-likeness (QED) is 0.310. The molecule has 0 aliphatic rings. The summed E-state index contributed by atoms with van der Waals surface area (Å²) in [6, 6.07) is 1.70. The standard InChI is InChI=1S/C12H19N5O2/c1-4-10-9(5-8(3)15-16-10)12(18)14-6-7(2)11(13)17-19/h5,7,19H,4,6H2,1-3H3,(H2,13,17)(H,14,18). The number of nitrogens with two attached hydrogens (primary N) is 1. The minimum absolute atomic E-state index is 0.0834. The summed E-state index contributed by atoms with van der Waals surface area (Å²) in [5.74, 6) is -0.387. The second-order valence-electron chi connectivity index (χ2n) is 4.34. The van der Waals surface area contributed by atoms with E-state index in [1.54, 1.807) is 19.9 Å². The number of nitrogens with zero attached hydrogens (tertiary/aromatic N) is 3. The fourth-order valence-corrected chi connectivity index (χ4v) is 1.52. The molecular formula is C12H19N5O2. The zero-order valence-electron chi connectivity index (χ0n) is 11.3. The van der Waals surface area contributed by atoms with E-state index in [1.165, 1.54) is 0 Å². The maximum Gasteiger partial charge on any atom is 0.253 e. The number of rotatable bonds is 5. The first-order valence-electron chi connectivity index (χ1n) is 6.08. The van der Waals surface area contributed by atoms with E-state index in [-0.39, 0.29) is 17.7 Å². The van der Waals surface area contributed by atoms with Crippen LogP contribution in [0.1, 0.15) is 35.6 Å². The molecule has 0 radical (unpaired) electrons. The zero-order valence-corrected chi connectivity index (χ0v) is 11.3. The lowest BCUT2D eigenvalue weighted by atomic mass is 10.1. The number of carbonyl (C=O) groups is 1. The first-order chi connectivity index (χ1) is 8.99. The molecule has 0 fully saturated rings. The Morgan fingerprint density at radius 2 is 2.26 bits per heavy atom. The molecule has 0 saturated heterocycles. The van der Waals surface area contributed by atoms with Crippen molar-refractivity contribution in [3.8, 4) is 0 Å². The molecule has 1 aromatic heterocycles. The molecule has 1 atom stereocenters. The lowest BCUT2D eigenvalue weighted by Crippen LogP contribution is -2.35. The molecule has 1 unspecified atom stereocenters. The predicted octanol–water partition coefficient (Wildman–Crippen LogP) is 0.460. The second kappa shape index (κ2) is 6.67. The van der Waals surface area contributed by atoms with Crippen LogP contribution in [0.3, 0.4) is 0 Å². The molecule has 104 valence electrons. The van der Waals surface area contributed by atoms with Gasteiger partial charge >= 0.3 is 0 Å². The molecule has 7 nitrogen and oxygen atoms in total. The zero-order chi connectivity index (χ0) is 14.4. The first-order valence-corrected chi connectivity index (χ1v) is 6.08. The number of aromatic nitrogens is 2. The summed E-state index contributed by atoms with van der Waals surface area (Å²) in [4.78, 5) is 12.1. The Bertz CT molecular complexity index is 487. The summed E-state index contributed by atoms with van der Waals surface area (Å²) < 4.78 is 0. The molecule has 7 heteroatoms. The van der Waals surface area contributed by atoms with E-state index < -0.39 is 0 Å². The highest BCUT2D eigenvalue weighted by Gasteiger charge is 2.15. The van der Waals surface area contributed by atoms with Crippen LogP contribution in [-0.2, 0) is 6.42 Å². The summed E-state index contributed by atoms with van der Waals surface area (Å²) in [5.41, 5.74) is 7.30. The number of nitrogens with one attached hydrogen (secondary N) is 1. The Kier molecular flexibility index (Phi) is 5.23. The van der Waals surface area contributed by atoms with Crippen LogP contribution < -0.4 is 11.1 Å². The van der Waals surface area contributed by atoms with Crippen LogP contribution in [0.15, 0.2) is 11.2 Å².